The second kappa shape index (κ2) is 6.59. The fourth-order valence-corrected chi connectivity index (χ4v) is 2.60. The Balaban J connectivity index is 1.83. The molecule has 1 heterocycles. The first kappa shape index (κ1) is 15.3. The maximum Gasteiger partial charge on any atom is 0.257 e. The molecule has 114 valence electrons. The molecule has 0 amide bonds. The minimum atomic E-state index is -3.58. The van der Waals surface area contributed by atoms with Crippen molar-refractivity contribution in [3.05, 3.63) is 36.3 Å². The molecule has 1 aromatic carbocycles. The molecule has 0 saturated carbocycles. The zero-order valence-corrected chi connectivity index (χ0v) is 12.5. The van der Waals surface area contributed by atoms with Crippen LogP contribution >= 0.6 is 0 Å². The first-order chi connectivity index (χ1) is 10.0. The molecule has 0 bridgehead atoms. The standard InChI is InChI=1S/C13H18N4O3S/c1-2-12-15-9-13(17-12)21(18,19)16-7-8-20-11-5-3-10(14)4-6-11/h3-6,9,16H,2,7-8,14H2,1H3,(H,15,17). The monoisotopic (exact) mass is 310 g/mol. The molecule has 2 aromatic rings. The number of nitrogen functional groups attached to an aromatic ring is 1. The van der Waals surface area contributed by atoms with Gasteiger partial charge in [0, 0.05) is 18.7 Å². The van der Waals surface area contributed by atoms with E-state index in [1.54, 1.807) is 24.3 Å². The normalized spacial score (nSPS) is 11.5. The zero-order chi connectivity index (χ0) is 15.3. The van der Waals surface area contributed by atoms with Gasteiger partial charge in [0.15, 0.2) is 5.03 Å². The fourth-order valence-electron chi connectivity index (χ4n) is 1.65. The predicted octanol–water partition coefficient (Wildman–Crippen LogP) is 0.912. The molecule has 7 nitrogen and oxygen atoms in total. The highest BCUT2D eigenvalue weighted by Crippen LogP contribution is 2.12. The number of imidazole rings is 1. The van der Waals surface area contributed by atoms with E-state index in [1.807, 2.05) is 6.92 Å². The Morgan fingerprint density at radius 3 is 2.67 bits per heavy atom. The lowest BCUT2D eigenvalue weighted by molar-refractivity contribution is 0.323. The molecule has 8 heteroatoms. The quantitative estimate of drug-likeness (QED) is 0.520. The van der Waals surface area contributed by atoms with E-state index in [2.05, 4.69) is 14.7 Å². The van der Waals surface area contributed by atoms with Crippen LogP contribution in [0.3, 0.4) is 0 Å². The number of benzene rings is 1. The van der Waals surface area contributed by atoms with E-state index in [9.17, 15) is 8.42 Å². The van der Waals surface area contributed by atoms with Gasteiger partial charge in [0.1, 0.15) is 18.2 Å². The van der Waals surface area contributed by atoms with Gasteiger partial charge in [-0.15, -0.1) is 0 Å². The van der Waals surface area contributed by atoms with Crippen molar-refractivity contribution in [2.45, 2.75) is 18.4 Å². The number of sulfonamides is 1. The van der Waals surface area contributed by atoms with Gasteiger partial charge in [-0.3, -0.25) is 0 Å². The summed E-state index contributed by atoms with van der Waals surface area (Å²) in [6.07, 6.45) is 1.96. The smallest absolute Gasteiger partial charge is 0.257 e. The van der Waals surface area contributed by atoms with Gasteiger partial charge < -0.3 is 15.5 Å². The Labute approximate surface area is 123 Å². The predicted molar refractivity (Wildman–Crippen MR) is 79.5 cm³/mol. The van der Waals surface area contributed by atoms with Crippen LogP contribution in [-0.4, -0.2) is 31.5 Å². The molecule has 1 aromatic heterocycles. The number of H-pyrrole nitrogens is 1. The summed E-state index contributed by atoms with van der Waals surface area (Å²) in [4.78, 5) is 6.72. The van der Waals surface area contributed by atoms with Crippen molar-refractivity contribution >= 4 is 15.7 Å². The molecule has 2 rings (SSSR count). The lowest BCUT2D eigenvalue weighted by Gasteiger charge is -2.07. The molecule has 0 aliphatic carbocycles. The van der Waals surface area contributed by atoms with Crippen LogP contribution in [-0.2, 0) is 16.4 Å². The highest BCUT2D eigenvalue weighted by molar-refractivity contribution is 7.89. The molecule has 0 radical (unpaired) electrons. The second-order valence-corrected chi connectivity index (χ2v) is 6.10. The Morgan fingerprint density at radius 1 is 1.33 bits per heavy atom. The van der Waals surface area contributed by atoms with E-state index in [0.29, 0.717) is 23.7 Å². The maximum absolute atomic E-state index is 12.0. The maximum atomic E-state index is 12.0. The van der Waals surface area contributed by atoms with Gasteiger partial charge in [0.2, 0.25) is 0 Å². The first-order valence-electron chi connectivity index (χ1n) is 6.53. The molecular weight excluding hydrogens is 292 g/mol. The van der Waals surface area contributed by atoms with E-state index in [-0.39, 0.29) is 18.2 Å². The highest BCUT2D eigenvalue weighted by Gasteiger charge is 2.16. The van der Waals surface area contributed by atoms with E-state index in [1.165, 1.54) is 6.20 Å². The number of hydrogen-bond acceptors (Lipinski definition) is 5. The number of nitrogens with one attached hydrogen (secondary N) is 2. The minimum absolute atomic E-state index is 0.0619. The summed E-state index contributed by atoms with van der Waals surface area (Å²) in [6, 6.07) is 6.89. The SMILES string of the molecule is CCc1ncc(S(=O)(=O)NCCOc2ccc(N)cc2)[nH]1. The summed E-state index contributed by atoms with van der Waals surface area (Å²) in [5, 5.41) is 0.0619. The van der Waals surface area contributed by atoms with Crippen LogP contribution < -0.4 is 15.2 Å². The highest BCUT2D eigenvalue weighted by atomic mass is 32.2. The molecular formula is C13H18N4O3S. The average molecular weight is 310 g/mol. The third-order valence-electron chi connectivity index (χ3n) is 2.77. The topological polar surface area (TPSA) is 110 Å². The van der Waals surface area contributed by atoms with Gasteiger partial charge >= 0.3 is 0 Å². The number of aromatic nitrogens is 2. The molecule has 0 aliphatic heterocycles. The van der Waals surface area contributed by atoms with E-state index in [0.717, 1.165) is 0 Å². The van der Waals surface area contributed by atoms with Crippen molar-refractivity contribution in [1.29, 1.82) is 0 Å². The molecule has 0 fully saturated rings. The number of ether oxygens (including phenoxy) is 1. The Hall–Kier alpha value is -2.06. The number of nitrogens with zero attached hydrogens (tertiary/aromatic N) is 1. The van der Waals surface area contributed by atoms with Gasteiger partial charge in [-0.25, -0.2) is 18.1 Å². The van der Waals surface area contributed by atoms with Crippen LogP contribution in [0.15, 0.2) is 35.5 Å². The van der Waals surface area contributed by atoms with Gasteiger partial charge in [-0.2, -0.15) is 0 Å². The van der Waals surface area contributed by atoms with Crippen molar-refractivity contribution < 1.29 is 13.2 Å². The molecule has 0 aliphatic rings. The van der Waals surface area contributed by atoms with Crippen LogP contribution in [0.4, 0.5) is 5.69 Å². The summed E-state index contributed by atoms with van der Waals surface area (Å²) in [5.74, 6) is 1.27. The summed E-state index contributed by atoms with van der Waals surface area (Å²) in [7, 11) is -3.58. The van der Waals surface area contributed by atoms with Gasteiger partial charge in [-0.1, -0.05) is 6.92 Å². The van der Waals surface area contributed by atoms with Crippen LogP contribution in [0.2, 0.25) is 0 Å². The molecule has 21 heavy (non-hydrogen) atoms. The number of anilines is 1. The van der Waals surface area contributed by atoms with Gasteiger partial charge in [0.05, 0.1) is 6.20 Å². The summed E-state index contributed by atoms with van der Waals surface area (Å²) >= 11 is 0. The van der Waals surface area contributed by atoms with Crippen molar-refractivity contribution in [2.24, 2.45) is 0 Å². The molecule has 0 spiro atoms. The van der Waals surface area contributed by atoms with Crippen molar-refractivity contribution in [3.63, 3.8) is 0 Å². The van der Waals surface area contributed by atoms with E-state index < -0.39 is 10.0 Å². The van der Waals surface area contributed by atoms with Crippen LogP contribution in [0, 0.1) is 0 Å². The number of rotatable bonds is 7. The van der Waals surface area contributed by atoms with Crippen molar-refractivity contribution in [3.8, 4) is 5.75 Å². The third-order valence-corrected chi connectivity index (χ3v) is 4.14. The van der Waals surface area contributed by atoms with Crippen molar-refractivity contribution in [2.75, 3.05) is 18.9 Å². The molecule has 0 atom stereocenters. The van der Waals surface area contributed by atoms with E-state index >= 15 is 0 Å². The lowest BCUT2D eigenvalue weighted by Crippen LogP contribution is -2.28. The number of nitrogens with two attached hydrogens (primary N) is 1. The second-order valence-electron chi connectivity index (χ2n) is 4.36. The van der Waals surface area contributed by atoms with Crippen LogP contribution in [0.5, 0.6) is 5.75 Å². The molecule has 0 unspecified atom stereocenters. The van der Waals surface area contributed by atoms with Crippen molar-refractivity contribution in [1.82, 2.24) is 14.7 Å². The summed E-state index contributed by atoms with van der Waals surface area (Å²) < 4.78 is 31.8. The minimum Gasteiger partial charge on any atom is -0.492 e. The summed E-state index contributed by atoms with van der Waals surface area (Å²) in [5.41, 5.74) is 6.21. The molecule has 0 saturated heterocycles. The number of hydrogen-bond donors (Lipinski definition) is 3. The molecule has 4 N–H and O–H groups in total. The first-order valence-corrected chi connectivity index (χ1v) is 8.01. The zero-order valence-electron chi connectivity index (χ0n) is 11.7. The average Bonchev–Trinajstić information content (AvgIpc) is 2.95. The van der Waals surface area contributed by atoms with Gasteiger partial charge in [-0.05, 0) is 24.3 Å². The Morgan fingerprint density at radius 2 is 2.05 bits per heavy atom. The Kier molecular flexibility index (Phi) is 4.81. The lowest BCUT2D eigenvalue weighted by atomic mass is 10.3. The third kappa shape index (κ3) is 4.20. The van der Waals surface area contributed by atoms with E-state index in [4.69, 9.17) is 10.5 Å². The largest absolute Gasteiger partial charge is 0.492 e. The fraction of sp³-hybridized carbons (Fsp3) is 0.308. The Bertz CT molecular complexity index is 680. The number of aryl methyl sites for hydroxylation is 1. The number of aromatic amines is 1. The van der Waals surface area contributed by atoms with Gasteiger partial charge in [0.25, 0.3) is 10.0 Å². The van der Waals surface area contributed by atoms with Crippen LogP contribution in [0.25, 0.3) is 0 Å². The van der Waals surface area contributed by atoms with Crippen LogP contribution in [0.1, 0.15) is 12.7 Å². The summed E-state index contributed by atoms with van der Waals surface area (Å²) in [6.45, 7) is 2.27.